The predicted molar refractivity (Wildman–Crippen MR) is 107 cm³/mol. The molecule has 1 saturated heterocycles. The van der Waals surface area contributed by atoms with Crippen molar-refractivity contribution in [2.45, 2.75) is 38.4 Å². The van der Waals surface area contributed by atoms with Gasteiger partial charge in [0, 0.05) is 30.4 Å². The quantitative estimate of drug-likeness (QED) is 0.479. The minimum absolute atomic E-state index is 0.0512. The van der Waals surface area contributed by atoms with Gasteiger partial charge in [0.2, 0.25) is 4.96 Å². The lowest BCUT2D eigenvalue weighted by Gasteiger charge is -2.31. The molecule has 1 aliphatic heterocycles. The number of aromatic nitrogens is 6. The molecule has 0 aliphatic carbocycles. The topological polar surface area (TPSA) is 80.7 Å². The molecule has 0 radical (unpaired) electrons. The van der Waals surface area contributed by atoms with Crippen molar-refractivity contribution in [1.82, 2.24) is 34.1 Å². The van der Waals surface area contributed by atoms with E-state index < -0.39 is 11.7 Å². The predicted octanol–water partition coefficient (Wildman–Crippen LogP) is 2.90. The van der Waals surface area contributed by atoms with Gasteiger partial charge in [-0.25, -0.2) is 4.98 Å². The molecule has 31 heavy (non-hydrogen) atoms. The third kappa shape index (κ3) is 3.81. The molecule has 5 heterocycles. The van der Waals surface area contributed by atoms with Crippen LogP contribution in [0.5, 0.6) is 0 Å². The van der Waals surface area contributed by atoms with Gasteiger partial charge in [-0.3, -0.25) is 14.1 Å². The molecule has 0 aromatic carbocycles. The highest BCUT2D eigenvalue weighted by molar-refractivity contribution is 7.16. The second kappa shape index (κ2) is 7.38. The van der Waals surface area contributed by atoms with E-state index in [0.717, 1.165) is 36.7 Å². The average molecular weight is 449 g/mol. The molecule has 0 bridgehead atoms. The Kier molecular flexibility index (Phi) is 4.77. The van der Waals surface area contributed by atoms with Gasteiger partial charge in [0.25, 0.3) is 5.56 Å². The maximum absolute atomic E-state index is 13.1. The van der Waals surface area contributed by atoms with E-state index in [2.05, 4.69) is 25.2 Å². The molecule has 162 valence electrons. The number of hydrogen-bond acceptors (Lipinski definition) is 7. The van der Waals surface area contributed by atoms with Crippen molar-refractivity contribution in [3.63, 3.8) is 0 Å². The van der Waals surface area contributed by atoms with E-state index in [-0.39, 0.29) is 11.5 Å². The van der Waals surface area contributed by atoms with Crippen LogP contribution in [0.2, 0.25) is 0 Å². The summed E-state index contributed by atoms with van der Waals surface area (Å²) >= 11 is 1.37. The van der Waals surface area contributed by atoms with Gasteiger partial charge < -0.3 is 0 Å². The molecular formula is C19H18F3N7OS. The Labute approximate surface area is 178 Å². The molecule has 1 aliphatic rings. The van der Waals surface area contributed by atoms with Crippen molar-refractivity contribution in [2.75, 3.05) is 13.1 Å². The van der Waals surface area contributed by atoms with Crippen LogP contribution in [0.15, 0.2) is 29.2 Å². The number of aryl methyl sites for hydroxylation is 1. The lowest BCUT2D eigenvalue weighted by Crippen LogP contribution is -2.34. The summed E-state index contributed by atoms with van der Waals surface area (Å²) in [5, 5.41) is 13.4. The van der Waals surface area contributed by atoms with Crippen LogP contribution in [0.25, 0.3) is 10.6 Å². The standard InChI is InChI=1S/C19H18F3N7OS/c1-11-7-16(30)29-18(23-11)31-15(26-29)10-27-6-2-3-12(8-27)17-25-24-14-5-4-13(9-28(14)17)19(20,21)22/h4-5,7,9,12H,2-3,6,8,10H2,1H3. The van der Waals surface area contributed by atoms with Crippen LogP contribution in [0.1, 0.15) is 40.8 Å². The van der Waals surface area contributed by atoms with E-state index in [9.17, 15) is 18.0 Å². The second-order valence-electron chi connectivity index (χ2n) is 7.70. The Bertz CT molecular complexity index is 1330. The van der Waals surface area contributed by atoms with Gasteiger partial charge in [-0.15, -0.1) is 10.2 Å². The normalized spacial score (nSPS) is 18.3. The monoisotopic (exact) mass is 449 g/mol. The summed E-state index contributed by atoms with van der Waals surface area (Å²) < 4.78 is 42.2. The van der Waals surface area contributed by atoms with Crippen LogP contribution in [0.4, 0.5) is 13.2 Å². The van der Waals surface area contributed by atoms with Gasteiger partial charge >= 0.3 is 6.18 Å². The zero-order chi connectivity index (χ0) is 21.8. The summed E-state index contributed by atoms with van der Waals surface area (Å²) in [4.78, 5) is 19.2. The van der Waals surface area contributed by atoms with Crippen molar-refractivity contribution in [2.24, 2.45) is 0 Å². The maximum atomic E-state index is 13.1. The van der Waals surface area contributed by atoms with Crippen LogP contribution in [0, 0.1) is 6.92 Å². The minimum atomic E-state index is -4.42. The number of hydrogen-bond donors (Lipinski definition) is 0. The van der Waals surface area contributed by atoms with Crippen LogP contribution >= 0.6 is 11.3 Å². The van der Waals surface area contributed by atoms with E-state index in [1.165, 1.54) is 32.4 Å². The summed E-state index contributed by atoms with van der Waals surface area (Å²) in [5.74, 6) is 0.480. The molecule has 4 aromatic rings. The fourth-order valence-electron chi connectivity index (χ4n) is 3.98. The summed E-state index contributed by atoms with van der Waals surface area (Å²) in [5.41, 5.74) is 0.107. The molecule has 4 aromatic heterocycles. The van der Waals surface area contributed by atoms with Crippen molar-refractivity contribution in [1.29, 1.82) is 0 Å². The third-order valence-electron chi connectivity index (χ3n) is 5.40. The van der Waals surface area contributed by atoms with E-state index in [1.807, 2.05) is 0 Å². The number of pyridine rings is 1. The van der Waals surface area contributed by atoms with E-state index in [4.69, 9.17) is 0 Å². The fourth-order valence-corrected chi connectivity index (χ4v) is 4.97. The summed E-state index contributed by atoms with van der Waals surface area (Å²) in [7, 11) is 0. The number of nitrogens with zero attached hydrogens (tertiary/aromatic N) is 7. The van der Waals surface area contributed by atoms with E-state index in [0.29, 0.717) is 35.2 Å². The Balaban J connectivity index is 1.39. The average Bonchev–Trinajstić information content (AvgIpc) is 3.31. The Hall–Kier alpha value is -2.86. The number of alkyl halides is 3. The fraction of sp³-hybridized carbons (Fsp3) is 0.421. The molecule has 0 amide bonds. The molecule has 5 rings (SSSR count). The van der Waals surface area contributed by atoms with Crippen molar-refractivity contribution in [3.8, 4) is 0 Å². The Morgan fingerprint density at radius 3 is 2.90 bits per heavy atom. The second-order valence-corrected chi connectivity index (χ2v) is 8.74. The van der Waals surface area contributed by atoms with Crippen LogP contribution in [-0.2, 0) is 12.7 Å². The van der Waals surface area contributed by atoms with Gasteiger partial charge in [-0.1, -0.05) is 11.3 Å². The number of fused-ring (bicyclic) bond motifs is 2. The molecule has 0 spiro atoms. The minimum Gasteiger partial charge on any atom is -0.296 e. The zero-order valence-electron chi connectivity index (χ0n) is 16.5. The molecule has 1 atom stereocenters. The lowest BCUT2D eigenvalue weighted by molar-refractivity contribution is -0.137. The van der Waals surface area contributed by atoms with Gasteiger partial charge in [0.1, 0.15) is 10.8 Å². The zero-order valence-corrected chi connectivity index (χ0v) is 17.3. The molecule has 1 fully saturated rings. The molecule has 1 unspecified atom stereocenters. The number of rotatable bonds is 3. The number of likely N-dealkylation sites (tertiary alicyclic amines) is 1. The molecule has 12 heteroatoms. The van der Waals surface area contributed by atoms with Crippen LogP contribution in [0.3, 0.4) is 0 Å². The summed E-state index contributed by atoms with van der Waals surface area (Å²) in [6.07, 6.45) is -1.67. The summed E-state index contributed by atoms with van der Waals surface area (Å²) in [6.45, 7) is 3.75. The highest BCUT2D eigenvalue weighted by atomic mass is 32.1. The first-order valence-corrected chi connectivity index (χ1v) is 10.6. The number of halogens is 3. The smallest absolute Gasteiger partial charge is 0.296 e. The number of piperidine rings is 1. The van der Waals surface area contributed by atoms with Gasteiger partial charge in [-0.05, 0) is 38.4 Å². The van der Waals surface area contributed by atoms with E-state index >= 15 is 0 Å². The molecular weight excluding hydrogens is 431 g/mol. The van der Waals surface area contributed by atoms with Crippen molar-refractivity contribution in [3.05, 3.63) is 56.8 Å². The van der Waals surface area contributed by atoms with Gasteiger partial charge in [0.15, 0.2) is 5.65 Å². The highest BCUT2D eigenvalue weighted by Crippen LogP contribution is 2.31. The van der Waals surface area contributed by atoms with Crippen LogP contribution in [-0.4, -0.2) is 47.2 Å². The SMILES string of the molecule is Cc1cc(=O)n2nc(CN3CCCC(c4nnc5ccc(C(F)(F)F)cn45)C3)sc2n1. The third-order valence-corrected chi connectivity index (χ3v) is 6.29. The van der Waals surface area contributed by atoms with Gasteiger partial charge in [0.05, 0.1) is 12.1 Å². The van der Waals surface area contributed by atoms with Crippen molar-refractivity contribution < 1.29 is 13.2 Å². The molecule has 0 N–H and O–H groups in total. The first kappa shape index (κ1) is 20.1. The first-order valence-electron chi connectivity index (χ1n) is 9.78. The first-order chi connectivity index (χ1) is 14.8. The molecule has 0 saturated carbocycles. The maximum Gasteiger partial charge on any atom is 0.417 e. The molecule has 8 nitrogen and oxygen atoms in total. The van der Waals surface area contributed by atoms with Gasteiger partial charge in [-0.2, -0.15) is 22.8 Å². The van der Waals surface area contributed by atoms with Crippen molar-refractivity contribution >= 4 is 21.9 Å². The Morgan fingerprint density at radius 1 is 1.26 bits per heavy atom. The van der Waals surface area contributed by atoms with Crippen LogP contribution < -0.4 is 5.56 Å². The highest BCUT2D eigenvalue weighted by Gasteiger charge is 2.32. The Morgan fingerprint density at radius 2 is 2.10 bits per heavy atom. The lowest BCUT2D eigenvalue weighted by atomic mass is 9.97. The largest absolute Gasteiger partial charge is 0.417 e. The van der Waals surface area contributed by atoms with E-state index in [1.54, 1.807) is 6.92 Å². The summed E-state index contributed by atoms with van der Waals surface area (Å²) in [6, 6.07) is 3.80.